The first kappa shape index (κ1) is 16.5. The van der Waals surface area contributed by atoms with Gasteiger partial charge in [0.25, 0.3) is 0 Å². The molecule has 0 aliphatic carbocycles. The topological polar surface area (TPSA) is 66.8 Å². The third-order valence-corrected chi connectivity index (χ3v) is 2.08. The first-order valence-electron chi connectivity index (χ1n) is 5.96. The molecule has 0 aliphatic heterocycles. The van der Waals surface area contributed by atoms with Crippen molar-refractivity contribution >= 4 is 12.1 Å². The van der Waals surface area contributed by atoms with Gasteiger partial charge in [0, 0.05) is 6.54 Å². The summed E-state index contributed by atoms with van der Waals surface area (Å²) in [6.07, 6.45) is 1.87. The van der Waals surface area contributed by atoms with E-state index in [9.17, 15) is 9.59 Å². The first-order chi connectivity index (χ1) is 8.15. The van der Waals surface area contributed by atoms with Crippen molar-refractivity contribution in [1.82, 2.24) is 4.90 Å². The molecule has 1 N–H and O–H groups in total. The number of nitrogens with zero attached hydrogens (tertiary/aromatic N) is 1. The summed E-state index contributed by atoms with van der Waals surface area (Å²) in [6, 6.07) is 0. The average molecular weight is 257 g/mol. The molecule has 0 saturated heterocycles. The monoisotopic (exact) mass is 257 g/mol. The van der Waals surface area contributed by atoms with E-state index in [2.05, 4.69) is 6.58 Å². The Morgan fingerprint density at radius 2 is 2.00 bits per heavy atom. The zero-order valence-electron chi connectivity index (χ0n) is 11.6. The molecule has 0 aromatic heterocycles. The second kappa shape index (κ2) is 7.03. The van der Waals surface area contributed by atoms with Crippen LogP contribution in [0.25, 0.3) is 0 Å². The van der Waals surface area contributed by atoms with Crippen molar-refractivity contribution in [3.63, 3.8) is 0 Å². The molecule has 5 nitrogen and oxygen atoms in total. The lowest BCUT2D eigenvalue weighted by Crippen LogP contribution is -2.42. The number of carboxylic acids is 1. The van der Waals surface area contributed by atoms with Crippen LogP contribution in [0, 0.1) is 5.92 Å². The molecule has 0 aromatic carbocycles. The van der Waals surface area contributed by atoms with Crippen molar-refractivity contribution < 1.29 is 19.4 Å². The molecule has 0 bridgehead atoms. The Hall–Kier alpha value is -1.52. The molecule has 0 aromatic rings. The van der Waals surface area contributed by atoms with Gasteiger partial charge in [-0.2, -0.15) is 0 Å². The van der Waals surface area contributed by atoms with E-state index in [0.29, 0.717) is 6.54 Å². The fraction of sp³-hybridized carbons (Fsp3) is 0.692. The maximum Gasteiger partial charge on any atom is 0.410 e. The number of carbonyl (C=O) groups is 2. The number of rotatable bonds is 6. The molecular weight excluding hydrogens is 234 g/mol. The number of allylic oxidation sites excluding steroid dienone is 1. The van der Waals surface area contributed by atoms with Gasteiger partial charge in [-0.25, -0.2) is 4.79 Å². The van der Waals surface area contributed by atoms with E-state index in [1.54, 1.807) is 26.8 Å². The molecule has 0 spiro atoms. The van der Waals surface area contributed by atoms with Crippen LogP contribution < -0.4 is 0 Å². The molecule has 0 fully saturated rings. The maximum atomic E-state index is 11.8. The number of amides is 1. The summed E-state index contributed by atoms with van der Waals surface area (Å²) in [5.74, 6) is -0.902. The van der Waals surface area contributed by atoms with Crippen LogP contribution in [0.15, 0.2) is 12.7 Å². The molecule has 0 rings (SSSR count). The normalized spacial score (nSPS) is 12.7. The van der Waals surface area contributed by atoms with Gasteiger partial charge in [-0.3, -0.25) is 9.69 Å². The summed E-state index contributed by atoms with van der Waals surface area (Å²) >= 11 is 0. The van der Waals surface area contributed by atoms with Crippen LogP contribution in [0.4, 0.5) is 4.79 Å². The first-order valence-corrected chi connectivity index (χ1v) is 5.96. The molecule has 0 radical (unpaired) electrons. The number of carboxylic acid groups (broad SMARTS) is 1. The second-order valence-electron chi connectivity index (χ2n) is 5.38. The molecule has 1 unspecified atom stereocenters. The van der Waals surface area contributed by atoms with E-state index in [1.807, 2.05) is 6.92 Å². The number of hydrogen-bond donors (Lipinski definition) is 1. The standard InChI is InChI=1S/C13H23NO4/c1-6-7-10(2)8-14(9-11(15)16)12(17)18-13(3,4)5/h6,10H,1,7-9H2,2-5H3,(H,15,16). The summed E-state index contributed by atoms with van der Waals surface area (Å²) in [5, 5.41) is 8.80. The minimum absolute atomic E-state index is 0.148. The van der Waals surface area contributed by atoms with E-state index in [1.165, 1.54) is 4.90 Å². The molecule has 0 heterocycles. The fourth-order valence-corrected chi connectivity index (χ4v) is 1.43. The van der Waals surface area contributed by atoms with Gasteiger partial charge in [-0.15, -0.1) is 6.58 Å². The summed E-state index contributed by atoms with van der Waals surface area (Å²) in [5.41, 5.74) is -0.629. The van der Waals surface area contributed by atoms with Gasteiger partial charge in [0.1, 0.15) is 12.1 Å². The smallest absolute Gasteiger partial charge is 0.410 e. The van der Waals surface area contributed by atoms with E-state index < -0.39 is 17.7 Å². The Labute approximate surface area is 108 Å². The maximum absolute atomic E-state index is 11.8. The fourth-order valence-electron chi connectivity index (χ4n) is 1.43. The molecule has 18 heavy (non-hydrogen) atoms. The highest BCUT2D eigenvalue weighted by Crippen LogP contribution is 2.12. The third-order valence-electron chi connectivity index (χ3n) is 2.08. The Kier molecular flexibility index (Phi) is 6.44. The molecule has 0 aliphatic rings. The van der Waals surface area contributed by atoms with Crippen molar-refractivity contribution in [2.45, 2.75) is 39.7 Å². The van der Waals surface area contributed by atoms with Crippen molar-refractivity contribution in [3.8, 4) is 0 Å². The largest absolute Gasteiger partial charge is 0.480 e. The zero-order valence-corrected chi connectivity index (χ0v) is 11.6. The molecular formula is C13H23NO4. The van der Waals surface area contributed by atoms with E-state index in [0.717, 1.165) is 6.42 Å². The number of ether oxygens (including phenoxy) is 1. The Balaban J connectivity index is 4.61. The number of aliphatic carboxylic acids is 1. The van der Waals surface area contributed by atoms with E-state index >= 15 is 0 Å². The van der Waals surface area contributed by atoms with E-state index in [4.69, 9.17) is 9.84 Å². The van der Waals surface area contributed by atoms with Crippen molar-refractivity contribution in [2.24, 2.45) is 5.92 Å². The van der Waals surface area contributed by atoms with Crippen LogP contribution >= 0.6 is 0 Å². The molecule has 1 atom stereocenters. The minimum Gasteiger partial charge on any atom is -0.480 e. The lowest BCUT2D eigenvalue weighted by Gasteiger charge is -2.28. The Morgan fingerprint density at radius 3 is 2.39 bits per heavy atom. The van der Waals surface area contributed by atoms with Gasteiger partial charge in [-0.05, 0) is 33.1 Å². The lowest BCUT2D eigenvalue weighted by molar-refractivity contribution is -0.138. The average Bonchev–Trinajstić information content (AvgIpc) is 2.13. The summed E-state index contributed by atoms with van der Waals surface area (Å²) in [4.78, 5) is 23.8. The Morgan fingerprint density at radius 1 is 1.44 bits per heavy atom. The molecule has 1 amide bonds. The van der Waals surface area contributed by atoms with Crippen molar-refractivity contribution in [3.05, 3.63) is 12.7 Å². The summed E-state index contributed by atoms with van der Waals surface area (Å²) < 4.78 is 5.18. The highest BCUT2D eigenvalue weighted by Gasteiger charge is 2.24. The van der Waals surface area contributed by atoms with Gasteiger partial charge in [0.15, 0.2) is 0 Å². The van der Waals surface area contributed by atoms with Crippen LogP contribution in [0.1, 0.15) is 34.1 Å². The van der Waals surface area contributed by atoms with Crippen LogP contribution in [0.2, 0.25) is 0 Å². The zero-order chi connectivity index (χ0) is 14.3. The SMILES string of the molecule is C=CCC(C)CN(CC(=O)O)C(=O)OC(C)(C)C. The van der Waals surface area contributed by atoms with Crippen molar-refractivity contribution in [2.75, 3.05) is 13.1 Å². The highest BCUT2D eigenvalue weighted by molar-refractivity contribution is 5.76. The molecule has 0 saturated carbocycles. The summed E-state index contributed by atoms with van der Waals surface area (Å²) in [6.45, 7) is 10.8. The van der Waals surface area contributed by atoms with Gasteiger partial charge in [-0.1, -0.05) is 13.0 Å². The van der Waals surface area contributed by atoms with Gasteiger partial charge in [0.05, 0.1) is 0 Å². The number of hydrogen-bond acceptors (Lipinski definition) is 3. The minimum atomic E-state index is -1.05. The van der Waals surface area contributed by atoms with Gasteiger partial charge < -0.3 is 9.84 Å². The van der Waals surface area contributed by atoms with Crippen LogP contribution in [-0.4, -0.2) is 40.8 Å². The second-order valence-corrected chi connectivity index (χ2v) is 5.38. The van der Waals surface area contributed by atoms with Crippen LogP contribution in [0.3, 0.4) is 0 Å². The summed E-state index contributed by atoms with van der Waals surface area (Å²) in [7, 11) is 0. The number of carbonyl (C=O) groups excluding carboxylic acids is 1. The quantitative estimate of drug-likeness (QED) is 0.742. The van der Waals surface area contributed by atoms with Gasteiger partial charge >= 0.3 is 12.1 Å². The van der Waals surface area contributed by atoms with E-state index in [-0.39, 0.29) is 12.5 Å². The highest BCUT2D eigenvalue weighted by atomic mass is 16.6. The molecule has 104 valence electrons. The predicted octanol–water partition coefficient (Wildman–Crippen LogP) is 2.52. The Bertz CT molecular complexity index is 307. The lowest BCUT2D eigenvalue weighted by atomic mass is 10.1. The third kappa shape index (κ3) is 7.70. The molecule has 5 heteroatoms. The predicted molar refractivity (Wildman–Crippen MR) is 69.4 cm³/mol. The van der Waals surface area contributed by atoms with Gasteiger partial charge in [0.2, 0.25) is 0 Å². The van der Waals surface area contributed by atoms with Crippen molar-refractivity contribution in [1.29, 1.82) is 0 Å². The van der Waals surface area contributed by atoms with Crippen LogP contribution in [0.5, 0.6) is 0 Å². The van der Waals surface area contributed by atoms with Crippen LogP contribution in [-0.2, 0) is 9.53 Å².